The van der Waals surface area contributed by atoms with Gasteiger partial charge in [-0.2, -0.15) is 0 Å². The molecule has 1 nitrogen and oxygen atoms in total. The van der Waals surface area contributed by atoms with Crippen LogP contribution in [0.15, 0.2) is 36.4 Å². The van der Waals surface area contributed by atoms with Crippen LogP contribution in [0, 0.1) is 20.8 Å². The molecule has 0 aromatic heterocycles. The van der Waals surface area contributed by atoms with Crippen LogP contribution in [-0.2, 0) is 0 Å². The fourth-order valence-electron chi connectivity index (χ4n) is 3.18. The molecule has 1 aliphatic rings. The van der Waals surface area contributed by atoms with E-state index in [2.05, 4.69) is 51.1 Å². The Balaban J connectivity index is 1.94. The number of aliphatic hydroxyl groups excluding tert-OH is 1. The fourth-order valence-corrected chi connectivity index (χ4v) is 3.18. The van der Waals surface area contributed by atoms with Crippen molar-refractivity contribution in [2.45, 2.75) is 52.1 Å². The highest BCUT2D eigenvalue weighted by Crippen LogP contribution is 2.37. The second-order valence-electron chi connectivity index (χ2n) is 6.49. The van der Waals surface area contributed by atoms with Gasteiger partial charge in [0.15, 0.2) is 0 Å². The van der Waals surface area contributed by atoms with Crippen LogP contribution in [0.5, 0.6) is 0 Å². The van der Waals surface area contributed by atoms with E-state index in [9.17, 15) is 5.11 Å². The SMILES string of the molecule is Cc1cc(C)c(C(O)c2cccc(C3CCC3)c2)cc1C. The minimum absolute atomic E-state index is 0.524. The molecule has 0 saturated heterocycles. The highest BCUT2D eigenvalue weighted by atomic mass is 16.3. The van der Waals surface area contributed by atoms with Crippen LogP contribution < -0.4 is 0 Å². The Morgan fingerprint density at radius 1 is 0.952 bits per heavy atom. The van der Waals surface area contributed by atoms with E-state index in [1.807, 2.05) is 6.07 Å². The molecule has 1 aliphatic carbocycles. The smallest absolute Gasteiger partial charge is 0.104 e. The molecule has 1 heteroatoms. The lowest BCUT2D eigenvalue weighted by Crippen LogP contribution is -2.10. The van der Waals surface area contributed by atoms with Gasteiger partial charge in [0.1, 0.15) is 6.10 Å². The minimum Gasteiger partial charge on any atom is -0.384 e. The third-order valence-corrected chi connectivity index (χ3v) is 4.98. The van der Waals surface area contributed by atoms with E-state index in [1.54, 1.807) is 0 Å². The molecule has 1 saturated carbocycles. The average Bonchev–Trinajstić information content (AvgIpc) is 2.40. The number of hydrogen-bond acceptors (Lipinski definition) is 1. The summed E-state index contributed by atoms with van der Waals surface area (Å²) in [5, 5.41) is 10.8. The van der Waals surface area contributed by atoms with Crippen LogP contribution >= 0.6 is 0 Å². The van der Waals surface area contributed by atoms with Gasteiger partial charge in [0, 0.05) is 0 Å². The molecule has 1 unspecified atom stereocenters. The Labute approximate surface area is 127 Å². The second kappa shape index (κ2) is 5.65. The first-order chi connectivity index (χ1) is 10.1. The lowest BCUT2D eigenvalue weighted by Gasteiger charge is -2.26. The predicted octanol–water partition coefficient (Wildman–Crippen LogP) is 4.96. The van der Waals surface area contributed by atoms with Crippen molar-refractivity contribution in [2.75, 3.05) is 0 Å². The first-order valence-corrected chi connectivity index (χ1v) is 7.92. The Morgan fingerprint density at radius 2 is 1.67 bits per heavy atom. The zero-order chi connectivity index (χ0) is 15.0. The quantitative estimate of drug-likeness (QED) is 0.842. The number of aliphatic hydroxyl groups is 1. The Hall–Kier alpha value is -1.60. The van der Waals surface area contributed by atoms with E-state index >= 15 is 0 Å². The number of aryl methyl sites for hydroxylation is 3. The van der Waals surface area contributed by atoms with E-state index < -0.39 is 6.10 Å². The summed E-state index contributed by atoms with van der Waals surface area (Å²) in [6.45, 7) is 6.31. The molecule has 21 heavy (non-hydrogen) atoms. The van der Waals surface area contributed by atoms with E-state index in [4.69, 9.17) is 0 Å². The summed E-state index contributed by atoms with van der Waals surface area (Å²) in [5.41, 5.74) is 7.13. The van der Waals surface area contributed by atoms with Crippen molar-refractivity contribution in [1.29, 1.82) is 0 Å². The van der Waals surface area contributed by atoms with Gasteiger partial charge >= 0.3 is 0 Å². The molecule has 0 bridgehead atoms. The molecule has 110 valence electrons. The molecule has 2 aromatic rings. The highest BCUT2D eigenvalue weighted by Gasteiger charge is 2.21. The molecule has 3 rings (SSSR count). The van der Waals surface area contributed by atoms with Crippen LogP contribution in [0.3, 0.4) is 0 Å². The van der Waals surface area contributed by atoms with Crippen molar-refractivity contribution in [2.24, 2.45) is 0 Å². The van der Waals surface area contributed by atoms with Crippen molar-refractivity contribution < 1.29 is 5.11 Å². The minimum atomic E-state index is -0.524. The zero-order valence-electron chi connectivity index (χ0n) is 13.2. The lowest BCUT2D eigenvalue weighted by molar-refractivity contribution is 0.219. The van der Waals surface area contributed by atoms with Crippen LogP contribution in [-0.4, -0.2) is 5.11 Å². The maximum atomic E-state index is 10.8. The third kappa shape index (κ3) is 2.75. The summed E-state index contributed by atoms with van der Waals surface area (Å²) in [6, 6.07) is 12.8. The summed E-state index contributed by atoms with van der Waals surface area (Å²) in [7, 11) is 0. The molecule has 1 N–H and O–H groups in total. The summed E-state index contributed by atoms with van der Waals surface area (Å²) in [5.74, 6) is 0.706. The molecule has 1 fully saturated rings. The normalized spacial score (nSPS) is 16.6. The van der Waals surface area contributed by atoms with Crippen molar-refractivity contribution in [1.82, 2.24) is 0 Å². The number of rotatable bonds is 3. The summed E-state index contributed by atoms with van der Waals surface area (Å²) >= 11 is 0. The van der Waals surface area contributed by atoms with Gasteiger partial charge in [-0.15, -0.1) is 0 Å². The van der Waals surface area contributed by atoms with E-state index in [0.717, 1.165) is 11.1 Å². The van der Waals surface area contributed by atoms with Crippen LogP contribution in [0.1, 0.15) is 64.7 Å². The molecule has 0 aliphatic heterocycles. The lowest BCUT2D eigenvalue weighted by atomic mass is 9.79. The summed E-state index contributed by atoms with van der Waals surface area (Å²) in [4.78, 5) is 0. The Kier molecular flexibility index (Phi) is 3.86. The van der Waals surface area contributed by atoms with Gasteiger partial charge < -0.3 is 5.11 Å². The molecule has 2 aromatic carbocycles. The zero-order valence-corrected chi connectivity index (χ0v) is 13.2. The maximum Gasteiger partial charge on any atom is 0.104 e. The Bertz CT molecular complexity index is 653. The van der Waals surface area contributed by atoms with Gasteiger partial charge in [-0.05, 0) is 72.9 Å². The molecule has 0 spiro atoms. The number of benzene rings is 2. The molecule has 1 atom stereocenters. The molecule has 0 heterocycles. The van der Waals surface area contributed by atoms with Gasteiger partial charge in [-0.3, -0.25) is 0 Å². The summed E-state index contributed by atoms with van der Waals surface area (Å²) in [6.07, 6.45) is 3.40. The van der Waals surface area contributed by atoms with Crippen LogP contribution in [0.4, 0.5) is 0 Å². The fraction of sp³-hybridized carbons (Fsp3) is 0.400. The van der Waals surface area contributed by atoms with Crippen LogP contribution in [0.2, 0.25) is 0 Å². The van der Waals surface area contributed by atoms with Gasteiger partial charge in [0.05, 0.1) is 0 Å². The first kappa shape index (κ1) is 14.3. The third-order valence-electron chi connectivity index (χ3n) is 4.98. The molecule has 0 radical (unpaired) electrons. The van der Waals surface area contributed by atoms with E-state index in [1.165, 1.54) is 41.5 Å². The topological polar surface area (TPSA) is 20.2 Å². The second-order valence-corrected chi connectivity index (χ2v) is 6.49. The molecular weight excluding hydrogens is 256 g/mol. The van der Waals surface area contributed by atoms with Crippen LogP contribution in [0.25, 0.3) is 0 Å². The van der Waals surface area contributed by atoms with E-state index in [0.29, 0.717) is 5.92 Å². The number of hydrogen-bond donors (Lipinski definition) is 1. The molecular formula is C20H24O. The van der Waals surface area contributed by atoms with Gasteiger partial charge in [0.2, 0.25) is 0 Å². The van der Waals surface area contributed by atoms with Crippen molar-refractivity contribution in [3.8, 4) is 0 Å². The van der Waals surface area contributed by atoms with Crippen molar-refractivity contribution in [3.63, 3.8) is 0 Å². The summed E-state index contributed by atoms with van der Waals surface area (Å²) < 4.78 is 0. The van der Waals surface area contributed by atoms with Gasteiger partial charge in [-0.1, -0.05) is 42.8 Å². The Morgan fingerprint density at radius 3 is 2.33 bits per heavy atom. The first-order valence-electron chi connectivity index (χ1n) is 7.92. The monoisotopic (exact) mass is 280 g/mol. The predicted molar refractivity (Wildman–Crippen MR) is 87.7 cm³/mol. The van der Waals surface area contributed by atoms with Crippen molar-refractivity contribution in [3.05, 3.63) is 69.8 Å². The van der Waals surface area contributed by atoms with E-state index in [-0.39, 0.29) is 0 Å². The largest absolute Gasteiger partial charge is 0.384 e. The maximum absolute atomic E-state index is 10.8. The van der Waals surface area contributed by atoms with Gasteiger partial charge in [0.25, 0.3) is 0 Å². The molecule has 0 amide bonds. The average molecular weight is 280 g/mol. The standard InChI is InChI=1S/C20H24O/c1-13-10-15(3)19(11-14(13)2)20(21)18-9-5-8-17(12-18)16-6-4-7-16/h5,8-12,16,20-21H,4,6-7H2,1-3H3. The van der Waals surface area contributed by atoms with Gasteiger partial charge in [-0.25, -0.2) is 0 Å². The highest BCUT2D eigenvalue weighted by molar-refractivity contribution is 5.42. The van der Waals surface area contributed by atoms with Crippen molar-refractivity contribution >= 4 is 0 Å².